The van der Waals surface area contributed by atoms with Crippen molar-refractivity contribution >= 4 is 44.9 Å². The standard InChI is InChI=1S/C20H23N3O2S2/c1-13(2)8-10-23-19(25)18-16(9-11-26-18)22-20(23)27-12-17(24)21-15-7-5-4-6-14(15)3/h4-7,9,11,13H,8,10,12H2,1-3H3,(H,21,24). The number of benzene rings is 1. The highest BCUT2D eigenvalue weighted by Crippen LogP contribution is 2.22. The number of thiophene rings is 1. The number of hydrogen-bond acceptors (Lipinski definition) is 5. The normalized spacial score (nSPS) is 11.3. The molecule has 142 valence electrons. The van der Waals surface area contributed by atoms with Gasteiger partial charge >= 0.3 is 0 Å². The molecule has 2 aromatic heterocycles. The summed E-state index contributed by atoms with van der Waals surface area (Å²) < 4.78 is 2.39. The van der Waals surface area contributed by atoms with Crippen molar-refractivity contribution in [2.45, 2.75) is 38.9 Å². The molecule has 0 aliphatic carbocycles. The Morgan fingerprint density at radius 1 is 1.30 bits per heavy atom. The molecule has 5 nitrogen and oxygen atoms in total. The lowest BCUT2D eigenvalue weighted by atomic mass is 10.1. The van der Waals surface area contributed by atoms with E-state index in [0.717, 1.165) is 17.7 Å². The van der Waals surface area contributed by atoms with Crippen molar-refractivity contribution in [3.63, 3.8) is 0 Å². The Morgan fingerprint density at radius 2 is 2.07 bits per heavy atom. The molecule has 1 amide bonds. The van der Waals surface area contributed by atoms with Gasteiger partial charge in [-0.3, -0.25) is 14.2 Å². The number of carbonyl (C=O) groups excluding carboxylic acids is 1. The maximum atomic E-state index is 12.8. The Morgan fingerprint density at radius 3 is 2.81 bits per heavy atom. The molecule has 0 radical (unpaired) electrons. The molecule has 3 rings (SSSR count). The summed E-state index contributed by atoms with van der Waals surface area (Å²) in [4.78, 5) is 29.8. The molecule has 0 fully saturated rings. The molecule has 7 heteroatoms. The van der Waals surface area contributed by atoms with Crippen LogP contribution in [0.25, 0.3) is 10.2 Å². The summed E-state index contributed by atoms with van der Waals surface area (Å²) >= 11 is 2.72. The van der Waals surface area contributed by atoms with E-state index in [-0.39, 0.29) is 17.2 Å². The van der Waals surface area contributed by atoms with Crippen LogP contribution in [0.3, 0.4) is 0 Å². The fourth-order valence-corrected chi connectivity index (χ4v) is 4.25. The first-order valence-electron chi connectivity index (χ1n) is 8.92. The third-order valence-electron chi connectivity index (χ3n) is 4.21. The molecule has 2 heterocycles. The highest BCUT2D eigenvalue weighted by molar-refractivity contribution is 7.99. The Kier molecular flexibility index (Phi) is 6.34. The van der Waals surface area contributed by atoms with Gasteiger partial charge in [-0.05, 0) is 42.3 Å². The molecule has 0 atom stereocenters. The number of amides is 1. The van der Waals surface area contributed by atoms with Crippen LogP contribution in [0.15, 0.2) is 45.7 Å². The summed E-state index contributed by atoms with van der Waals surface area (Å²) in [6, 6.07) is 9.52. The molecular weight excluding hydrogens is 378 g/mol. The average molecular weight is 402 g/mol. The largest absolute Gasteiger partial charge is 0.325 e. The van der Waals surface area contributed by atoms with Crippen LogP contribution in [0.1, 0.15) is 25.8 Å². The molecule has 0 saturated carbocycles. The van der Waals surface area contributed by atoms with Crippen molar-refractivity contribution in [1.29, 1.82) is 0 Å². The van der Waals surface area contributed by atoms with E-state index < -0.39 is 0 Å². The number of hydrogen-bond donors (Lipinski definition) is 1. The minimum absolute atomic E-state index is 0.0162. The monoisotopic (exact) mass is 401 g/mol. The lowest BCUT2D eigenvalue weighted by molar-refractivity contribution is -0.113. The third kappa shape index (κ3) is 4.78. The number of nitrogens with one attached hydrogen (secondary N) is 1. The van der Waals surface area contributed by atoms with Gasteiger partial charge in [-0.1, -0.05) is 43.8 Å². The minimum Gasteiger partial charge on any atom is -0.325 e. The molecule has 1 aromatic carbocycles. The SMILES string of the molecule is Cc1ccccc1NC(=O)CSc1nc2ccsc2c(=O)n1CCC(C)C. The van der Waals surface area contributed by atoms with Crippen LogP contribution < -0.4 is 10.9 Å². The first-order valence-corrected chi connectivity index (χ1v) is 10.8. The molecular formula is C20H23N3O2S2. The highest BCUT2D eigenvalue weighted by Gasteiger charge is 2.15. The average Bonchev–Trinajstić information content (AvgIpc) is 3.10. The Hall–Kier alpha value is -2.12. The van der Waals surface area contributed by atoms with Gasteiger partial charge in [0, 0.05) is 12.2 Å². The lowest BCUT2D eigenvalue weighted by Crippen LogP contribution is -2.24. The zero-order valence-corrected chi connectivity index (χ0v) is 17.3. The first kappa shape index (κ1) is 19.6. The van der Waals surface area contributed by atoms with Gasteiger partial charge in [0.25, 0.3) is 5.56 Å². The second kappa shape index (κ2) is 8.71. The number of aryl methyl sites for hydroxylation is 1. The zero-order chi connectivity index (χ0) is 19.4. The lowest BCUT2D eigenvalue weighted by Gasteiger charge is -2.13. The minimum atomic E-state index is -0.107. The zero-order valence-electron chi connectivity index (χ0n) is 15.7. The molecule has 0 aliphatic rings. The molecule has 0 bridgehead atoms. The van der Waals surface area contributed by atoms with Gasteiger partial charge in [-0.2, -0.15) is 0 Å². The van der Waals surface area contributed by atoms with E-state index in [1.807, 2.05) is 42.6 Å². The molecule has 0 aliphatic heterocycles. The fraction of sp³-hybridized carbons (Fsp3) is 0.350. The smallest absolute Gasteiger partial charge is 0.272 e. The highest BCUT2D eigenvalue weighted by atomic mass is 32.2. The summed E-state index contributed by atoms with van der Waals surface area (Å²) in [6.07, 6.45) is 0.890. The topological polar surface area (TPSA) is 64.0 Å². The van der Waals surface area contributed by atoms with Crippen molar-refractivity contribution < 1.29 is 4.79 Å². The molecule has 27 heavy (non-hydrogen) atoms. The Labute approximate surface area is 166 Å². The van der Waals surface area contributed by atoms with Crippen LogP contribution >= 0.6 is 23.1 Å². The molecule has 1 N–H and O–H groups in total. The molecule has 0 unspecified atom stereocenters. The van der Waals surface area contributed by atoms with Crippen LogP contribution in [0, 0.1) is 12.8 Å². The predicted molar refractivity (Wildman–Crippen MR) is 114 cm³/mol. The molecule has 0 spiro atoms. The number of nitrogens with zero attached hydrogens (tertiary/aromatic N) is 2. The van der Waals surface area contributed by atoms with E-state index in [1.54, 1.807) is 4.57 Å². The first-order chi connectivity index (χ1) is 13.0. The van der Waals surface area contributed by atoms with Crippen LogP contribution in [0.2, 0.25) is 0 Å². The molecule has 3 aromatic rings. The van der Waals surface area contributed by atoms with Crippen LogP contribution in [0.4, 0.5) is 5.69 Å². The number of para-hydroxylation sites is 1. The third-order valence-corrected chi connectivity index (χ3v) is 6.08. The van der Waals surface area contributed by atoms with Gasteiger partial charge in [0.1, 0.15) is 4.70 Å². The number of aromatic nitrogens is 2. The van der Waals surface area contributed by atoms with Crippen LogP contribution in [-0.2, 0) is 11.3 Å². The summed E-state index contributed by atoms with van der Waals surface area (Å²) in [7, 11) is 0. The van der Waals surface area contributed by atoms with Gasteiger partial charge < -0.3 is 5.32 Å². The summed E-state index contributed by atoms with van der Waals surface area (Å²) in [5.74, 6) is 0.584. The van der Waals surface area contributed by atoms with Gasteiger partial charge in [-0.25, -0.2) is 4.98 Å². The Bertz CT molecular complexity index is 1010. The second-order valence-electron chi connectivity index (χ2n) is 6.82. The second-order valence-corrected chi connectivity index (χ2v) is 8.68. The van der Waals surface area contributed by atoms with Gasteiger partial charge in [-0.15, -0.1) is 11.3 Å². The molecule has 0 saturated heterocycles. The van der Waals surface area contributed by atoms with E-state index in [4.69, 9.17) is 0 Å². The maximum absolute atomic E-state index is 12.8. The van der Waals surface area contributed by atoms with E-state index in [9.17, 15) is 9.59 Å². The van der Waals surface area contributed by atoms with E-state index >= 15 is 0 Å². The van der Waals surface area contributed by atoms with E-state index in [2.05, 4.69) is 24.1 Å². The number of fused-ring (bicyclic) bond motifs is 1. The van der Waals surface area contributed by atoms with Crippen LogP contribution in [-0.4, -0.2) is 21.2 Å². The number of carbonyl (C=O) groups is 1. The van der Waals surface area contributed by atoms with Crippen LogP contribution in [0.5, 0.6) is 0 Å². The van der Waals surface area contributed by atoms with Gasteiger partial charge in [0.05, 0.1) is 11.3 Å². The number of rotatable bonds is 7. The van der Waals surface area contributed by atoms with Crippen molar-refractivity contribution in [3.8, 4) is 0 Å². The summed E-state index contributed by atoms with van der Waals surface area (Å²) in [5, 5.41) is 5.41. The fourth-order valence-electron chi connectivity index (χ4n) is 2.65. The van der Waals surface area contributed by atoms with Crippen molar-refractivity contribution in [2.24, 2.45) is 5.92 Å². The van der Waals surface area contributed by atoms with E-state index in [1.165, 1.54) is 23.1 Å². The van der Waals surface area contributed by atoms with Gasteiger partial charge in [0.15, 0.2) is 5.16 Å². The van der Waals surface area contributed by atoms with Crippen molar-refractivity contribution in [2.75, 3.05) is 11.1 Å². The number of anilines is 1. The summed E-state index contributed by atoms with van der Waals surface area (Å²) in [5.41, 5.74) is 2.51. The quantitative estimate of drug-likeness (QED) is 0.466. The van der Waals surface area contributed by atoms with Gasteiger partial charge in [0.2, 0.25) is 5.91 Å². The maximum Gasteiger partial charge on any atom is 0.272 e. The van der Waals surface area contributed by atoms with E-state index in [0.29, 0.717) is 27.8 Å². The predicted octanol–water partition coefficient (Wildman–Crippen LogP) is 4.54. The summed E-state index contributed by atoms with van der Waals surface area (Å²) in [6.45, 7) is 6.83. The Balaban J connectivity index is 1.78. The number of thioether (sulfide) groups is 1. The van der Waals surface area contributed by atoms with Crippen molar-refractivity contribution in [1.82, 2.24) is 9.55 Å². The van der Waals surface area contributed by atoms with Crippen molar-refractivity contribution in [3.05, 3.63) is 51.6 Å².